The molecule has 144 valence electrons. The Bertz CT molecular complexity index is 1220. The molecule has 0 saturated carbocycles. The Kier molecular flexibility index (Phi) is 5.11. The van der Waals surface area contributed by atoms with Crippen molar-refractivity contribution in [2.75, 3.05) is 0 Å². The van der Waals surface area contributed by atoms with Crippen LogP contribution in [0.3, 0.4) is 0 Å². The van der Waals surface area contributed by atoms with Gasteiger partial charge < -0.3 is 5.32 Å². The van der Waals surface area contributed by atoms with Gasteiger partial charge in [0, 0.05) is 17.1 Å². The van der Waals surface area contributed by atoms with Crippen LogP contribution in [-0.4, -0.2) is 20.7 Å². The molecule has 6 nitrogen and oxygen atoms in total. The zero-order valence-corrected chi connectivity index (χ0v) is 15.4. The van der Waals surface area contributed by atoms with Crippen LogP contribution in [0.2, 0.25) is 0 Å². The van der Waals surface area contributed by atoms with Gasteiger partial charge >= 0.3 is 0 Å². The Morgan fingerprint density at radius 1 is 0.966 bits per heavy atom. The summed E-state index contributed by atoms with van der Waals surface area (Å²) in [5, 5.41) is 8.44. The smallest absolute Gasteiger partial charge is 0.275 e. The highest BCUT2D eigenvalue weighted by molar-refractivity contribution is 5.94. The molecule has 0 fully saturated rings. The molecule has 0 aliphatic rings. The number of halogens is 1. The SMILES string of the molecule is O=C(NCc1nn(Cc2ccccn2)c(=O)c2ccccc12)c1ccc(F)cc1. The normalized spacial score (nSPS) is 10.8. The highest BCUT2D eigenvalue weighted by Gasteiger charge is 2.13. The molecule has 2 aromatic heterocycles. The number of hydrogen-bond donors (Lipinski definition) is 1. The molecule has 4 aromatic rings. The number of aromatic nitrogens is 3. The number of benzene rings is 2. The van der Waals surface area contributed by atoms with Crippen LogP contribution in [0.5, 0.6) is 0 Å². The molecular formula is C22H17FN4O2. The van der Waals surface area contributed by atoms with Crippen molar-refractivity contribution in [1.29, 1.82) is 0 Å². The molecule has 7 heteroatoms. The molecule has 0 aliphatic carbocycles. The molecule has 2 heterocycles. The largest absolute Gasteiger partial charge is 0.346 e. The van der Waals surface area contributed by atoms with Gasteiger partial charge in [-0.1, -0.05) is 24.3 Å². The number of amides is 1. The fraction of sp³-hybridized carbons (Fsp3) is 0.0909. The average Bonchev–Trinajstić information content (AvgIpc) is 2.76. The van der Waals surface area contributed by atoms with E-state index in [0.717, 1.165) is 0 Å². The van der Waals surface area contributed by atoms with Gasteiger partial charge in [-0.2, -0.15) is 5.10 Å². The number of hydrogen-bond acceptors (Lipinski definition) is 4. The first kappa shape index (κ1) is 18.5. The summed E-state index contributed by atoms with van der Waals surface area (Å²) >= 11 is 0. The summed E-state index contributed by atoms with van der Waals surface area (Å²) in [6, 6.07) is 17.9. The molecular weight excluding hydrogens is 371 g/mol. The van der Waals surface area contributed by atoms with Crippen molar-refractivity contribution >= 4 is 16.7 Å². The molecule has 2 aromatic carbocycles. The lowest BCUT2D eigenvalue weighted by molar-refractivity contribution is 0.0950. The Labute approximate surface area is 165 Å². The van der Waals surface area contributed by atoms with E-state index in [1.165, 1.54) is 28.9 Å². The van der Waals surface area contributed by atoms with Crippen LogP contribution in [0.1, 0.15) is 21.7 Å². The molecule has 4 rings (SSSR count). The number of nitrogens with zero attached hydrogens (tertiary/aromatic N) is 3. The standard InChI is InChI=1S/C22H17FN4O2/c23-16-10-8-15(9-11-16)21(28)25-13-20-18-6-1-2-7-19(18)22(29)27(26-20)14-17-5-3-4-12-24-17/h1-12H,13-14H2,(H,25,28). The fourth-order valence-corrected chi connectivity index (χ4v) is 3.06. The van der Waals surface area contributed by atoms with Crippen molar-refractivity contribution in [3.05, 3.63) is 106 Å². The second kappa shape index (κ2) is 8.02. The van der Waals surface area contributed by atoms with Gasteiger partial charge in [-0.25, -0.2) is 9.07 Å². The van der Waals surface area contributed by atoms with E-state index >= 15 is 0 Å². The minimum Gasteiger partial charge on any atom is -0.346 e. The minimum atomic E-state index is -0.407. The first-order chi connectivity index (χ1) is 14.1. The summed E-state index contributed by atoms with van der Waals surface area (Å²) in [5.41, 5.74) is 1.39. The number of fused-ring (bicyclic) bond motifs is 1. The van der Waals surface area contributed by atoms with Gasteiger partial charge in [0.25, 0.3) is 11.5 Å². The van der Waals surface area contributed by atoms with Crippen LogP contribution in [-0.2, 0) is 13.1 Å². The summed E-state index contributed by atoms with van der Waals surface area (Å²) in [6.07, 6.45) is 1.66. The van der Waals surface area contributed by atoms with Crippen molar-refractivity contribution in [1.82, 2.24) is 20.1 Å². The lowest BCUT2D eigenvalue weighted by atomic mass is 10.1. The van der Waals surface area contributed by atoms with E-state index in [0.29, 0.717) is 27.7 Å². The molecule has 0 saturated heterocycles. The number of rotatable bonds is 5. The molecule has 0 bridgehead atoms. The van der Waals surface area contributed by atoms with Crippen LogP contribution in [0.15, 0.2) is 77.7 Å². The van der Waals surface area contributed by atoms with Crippen LogP contribution in [0.25, 0.3) is 10.8 Å². The van der Waals surface area contributed by atoms with E-state index in [-0.39, 0.29) is 24.6 Å². The molecule has 1 amide bonds. The summed E-state index contributed by atoms with van der Waals surface area (Å²) in [6.45, 7) is 0.350. The van der Waals surface area contributed by atoms with Crippen molar-refractivity contribution in [3.8, 4) is 0 Å². The van der Waals surface area contributed by atoms with Gasteiger partial charge in [-0.3, -0.25) is 14.6 Å². The Balaban J connectivity index is 1.66. The summed E-state index contributed by atoms with van der Waals surface area (Å²) < 4.78 is 14.4. The van der Waals surface area contributed by atoms with Gasteiger partial charge in [0.1, 0.15) is 5.82 Å². The van der Waals surface area contributed by atoms with Crippen LogP contribution >= 0.6 is 0 Å². The predicted octanol–water partition coefficient (Wildman–Crippen LogP) is 2.91. The number of carbonyl (C=O) groups is 1. The second-order valence-corrected chi connectivity index (χ2v) is 6.47. The third-order valence-corrected chi connectivity index (χ3v) is 4.50. The van der Waals surface area contributed by atoms with E-state index in [4.69, 9.17) is 0 Å². The highest BCUT2D eigenvalue weighted by atomic mass is 19.1. The zero-order chi connectivity index (χ0) is 20.2. The molecule has 1 N–H and O–H groups in total. The number of carbonyl (C=O) groups excluding carboxylic acids is 1. The lowest BCUT2D eigenvalue weighted by Gasteiger charge is -2.12. The predicted molar refractivity (Wildman–Crippen MR) is 107 cm³/mol. The Morgan fingerprint density at radius 2 is 1.69 bits per heavy atom. The maximum absolute atomic E-state index is 13.1. The topological polar surface area (TPSA) is 76.9 Å². The summed E-state index contributed by atoms with van der Waals surface area (Å²) in [5.74, 6) is -0.755. The van der Waals surface area contributed by atoms with Gasteiger partial charge in [0.05, 0.1) is 29.9 Å². The molecule has 0 aliphatic heterocycles. The quantitative estimate of drug-likeness (QED) is 0.570. The lowest BCUT2D eigenvalue weighted by Crippen LogP contribution is -2.29. The van der Waals surface area contributed by atoms with E-state index in [1.807, 2.05) is 18.2 Å². The maximum atomic E-state index is 13.1. The third-order valence-electron chi connectivity index (χ3n) is 4.50. The Morgan fingerprint density at radius 3 is 2.41 bits per heavy atom. The van der Waals surface area contributed by atoms with Crippen LogP contribution in [0, 0.1) is 5.82 Å². The van der Waals surface area contributed by atoms with Crippen LogP contribution < -0.4 is 10.9 Å². The van der Waals surface area contributed by atoms with Gasteiger partial charge in [0.15, 0.2) is 0 Å². The number of nitrogens with one attached hydrogen (secondary N) is 1. The minimum absolute atomic E-state index is 0.124. The van der Waals surface area contributed by atoms with Gasteiger partial charge in [-0.15, -0.1) is 0 Å². The summed E-state index contributed by atoms with van der Waals surface area (Å²) in [4.78, 5) is 29.4. The van der Waals surface area contributed by atoms with Crippen molar-refractivity contribution < 1.29 is 9.18 Å². The molecule has 0 unspecified atom stereocenters. The average molecular weight is 388 g/mol. The highest BCUT2D eigenvalue weighted by Crippen LogP contribution is 2.14. The summed E-state index contributed by atoms with van der Waals surface area (Å²) in [7, 11) is 0. The number of pyridine rings is 1. The fourth-order valence-electron chi connectivity index (χ4n) is 3.06. The first-order valence-electron chi connectivity index (χ1n) is 9.04. The Hall–Kier alpha value is -3.87. The zero-order valence-electron chi connectivity index (χ0n) is 15.4. The van der Waals surface area contributed by atoms with Crippen LogP contribution in [0.4, 0.5) is 4.39 Å². The van der Waals surface area contributed by atoms with Crippen molar-refractivity contribution in [2.24, 2.45) is 0 Å². The molecule has 29 heavy (non-hydrogen) atoms. The van der Waals surface area contributed by atoms with Crippen molar-refractivity contribution in [3.63, 3.8) is 0 Å². The van der Waals surface area contributed by atoms with Gasteiger partial charge in [0.2, 0.25) is 0 Å². The second-order valence-electron chi connectivity index (χ2n) is 6.47. The maximum Gasteiger partial charge on any atom is 0.275 e. The van der Waals surface area contributed by atoms with Crippen molar-refractivity contribution in [2.45, 2.75) is 13.1 Å². The monoisotopic (exact) mass is 388 g/mol. The van der Waals surface area contributed by atoms with E-state index < -0.39 is 5.82 Å². The molecule has 0 spiro atoms. The van der Waals surface area contributed by atoms with E-state index in [2.05, 4.69) is 15.4 Å². The van der Waals surface area contributed by atoms with E-state index in [9.17, 15) is 14.0 Å². The van der Waals surface area contributed by atoms with E-state index in [1.54, 1.807) is 30.5 Å². The molecule has 0 atom stereocenters. The molecule has 0 radical (unpaired) electrons. The first-order valence-corrected chi connectivity index (χ1v) is 9.04. The third kappa shape index (κ3) is 4.03. The van der Waals surface area contributed by atoms with Gasteiger partial charge in [-0.05, 0) is 42.5 Å².